The lowest BCUT2D eigenvalue weighted by molar-refractivity contribution is -0.136. The topological polar surface area (TPSA) is 106 Å². The van der Waals surface area contributed by atoms with Crippen LogP contribution < -0.4 is 10.1 Å². The lowest BCUT2D eigenvalue weighted by Gasteiger charge is -2.36. The summed E-state index contributed by atoms with van der Waals surface area (Å²) in [7, 11) is -3.34. The van der Waals surface area contributed by atoms with Crippen LogP contribution in [0.25, 0.3) is 0 Å². The van der Waals surface area contributed by atoms with Crippen molar-refractivity contribution in [2.24, 2.45) is 0 Å². The molecule has 1 aliphatic rings. The highest BCUT2D eigenvalue weighted by atomic mass is 35.5. The van der Waals surface area contributed by atoms with E-state index in [4.69, 9.17) is 27.9 Å². The number of thiazole rings is 1. The molecular formula is C36H48Cl2N2O5S2. The maximum absolute atomic E-state index is 13.0. The van der Waals surface area contributed by atoms with E-state index in [-0.39, 0.29) is 11.7 Å². The normalized spacial score (nSPS) is 14.5. The number of ether oxygens (including phenoxy) is 1. The van der Waals surface area contributed by atoms with Gasteiger partial charge in [0.15, 0.2) is 20.6 Å². The number of anilines is 1. The number of aromatic nitrogens is 1. The molecule has 0 spiro atoms. The number of carbonyl (C=O) groups is 1. The van der Waals surface area contributed by atoms with Crippen LogP contribution in [-0.4, -0.2) is 36.3 Å². The predicted octanol–water partition coefficient (Wildman–Crippen LogP) is 10.5. The molecule has 0 amide bonds. The lowest BCUT2D eigenvalue weighted by Crippen LogP contribution is -2.40. The highest BCUT2D eigenvalue weighted by Gasteiger charge is 2.38. The molecule has 0 radical (unpaired) electrons. The molecule has 1 heterocycles. The van der Waals surface area contributed by atoms with Crippen LogP contribution in [0.2, 0.25) is 9.36 Å². The minimum atomic E-state index is -3.34. The number of carboxylic acids is 1. The van der Waals surface area contributed by atoms with Gasteiger partial charge in [0.05, 0.1) is 28.8 Å². The van der Waals surface area contributed by atoms with Gasteiger partial charge in [-0.05, 0) is 67.6 Å². The fraction of sp³-hybridized carbons (Fsp3) is 0.556. The molecule has 0 aliphatic heterocycles. The summed E-state index contributed by atoms with van der Waals surface area (Å²) in [6, 6.07) is 14.3. The maximum Gasteiger partial charge on any atom is 0.309 e. The molecule has 0 bridgehead atoms. The van der Waals surface area contributed by atoms with Crippen molar-refractivity contribution >= 4 is 55.5 Å². The summed E-state index contributed by atoms with van der Waals surface area (Å²) in [5.41, 5.74) is 0.261. The number of hydrogen-bond donors (Lipinski definition) is 2. The van der Waals surface area contributed by atoms with Gasteiger partial charge in [-0.1, -0.05) is 124 Å². The molecule has 11 heteroatoms. The zero-order chi connectivity index (χ0) is 33.7. The van der Waals surface area contributed by atoms with Crippen LogP contribution in [0.1, 0.15) is 114 Å². The van der Waals surface area contributed by atoms with Crippen molar-refractivity contribution in [2.75, 3.05) is 11.9 Å². The van der Waals surface area contributed by atoms with E-state index < -0.39 is 21.4 Å². The minimum Gasteiger partial charge on any atom is -0.481 e. The van der Waals surface area contributed by atoms with Crippen LogP contribution in [0.15, 0.2) is 53.4 Å². The molecule has 3 aromatic rings. The van der Waals surface area contributed by atoms with Gasteiger partial charge in [0.2, 0.25) is 0 Å². The van der Waals surface area contributed by atoms with Crippen molar-refractivity contribution in [1.82, 2.24) is 4.98 Å². The van der Waals surface area contributed by atoms with E-state index >= 15 is 0 Å². The molecule has 1 unspecified atom stereocenters. The number of nitrogens with one attached hydrogen (secondary N) is 1. The maximum atomic E-state index is 13.0. The molecule has 2 N–H and O–H groups in total. The Bertz CT molecular complexity index is 1510. The number of unbranched alkanes of at least 4 members (excludes halogenated alkanes) is 11. The Kier molecular flexibility index (Phi) is 14.7. The largest absolute Gasteiger partial charge is 0.481 e. The van der Waals surface area contributed by atoms with Crippen molar-refractivity contribution in [3.63, 3.8) is 0 Å². The Hall–Kier alpha value is -2.33. The first-order chi connectivity index (χ1) is 22.6. The number of halogens is 2. The van der Waals surface area contributed by atoms with E-state index in [2.05, 4.69) is 17.2 Å². The Labute approximate surface area is 294 Å². The molecular weight excluding hydrogens is 675 g/mol. The molecule has 7 nitrogen and oxygen atoms in total. The average Bonchev–Trinajstić information content (AvgIpc) is 3.86. The summed E-state index contributed by atoms with van der Waals surface area (Å²) in [5, 5.41) is 13.4. The van der Waals surface area contributed by atoms with Crippen molar-refractivity contribution in [3.8, 4) is 5.75 Å². The van der Waals surface area contributed by atoms with Crippen LogP contribution in [0, 0.1) is 0 Å². The van der Waals surface area contributed by atoms with Gasteiger partial charge in [0.1, 0.15) is 10.1 Å². The molecule has 258 valence electrons. The quantitative estimate of drug-likeness (QED) is 0.0938. The summed E-state index contributed by atoms with van der Waals surface area (Å²) in [5.74, 6) is -0.370. The third-order valence-electron chi connectivity index (χ3n) is 8.73. The molecule has 2 aromatic carbocycles. The number of hydrogen-bond acceptors (Lipinski definition) is 7. The van der Waals surface area contributed by atoms with Gasteiger partial charge in [-0.15, -0.1) is 0 Å². The number of rotatable bonds is 23. The second kappa shape index (κ2) is 18.4. The first-order valence-electron chi connectivity index (χ1n) is 17.0. The zero-order valence-electron chi connectivity index (χ0n) is 27.3. The van der Waals surface area contributed by atoms with Gasteiger partial charge in [-0.25, -0.2) is 13.4 Å². The molecule has 4 rings (SSSR count). The Balaban J connectivity index is 1.51. The van der Waals surface area contributed by atoms with Gasteiger partial charge < -0.3 is 15.2 Å². The van der Waals surface area contributed by atoms with Gasteiger partial charge >= 0.3 is 5.97 Å². The van der Waals surface area contributed by atoms with Gasteiger partial charge in [-0.3, -0.25) is 4.79 Å². The SMILES string of the molecule is CCCCCCCCCCCCCCC(CNc1nc(CC(=O)O)c(Cl)s1)(Oc1ccc(Cl)cc1)c1ccc(S(=O)(=O)C2CC2)cc1. The predicted molar refractivity (Wildman–Crippen MR) is 193 cm³/mol. The van der Waals surface area contributed by atoms with Gasteiger partial charge in [-0.2, -0.15) is 0 Å². The summed E-state index contributed by atoms with van der Waals surface area (Å²) < 4.78 is 33.1. The monoisotopic (exact) mass is 722 g/mol. The highest BCUT2D eigenvalue weighted by molar-refractivity contribution is 7.92. The molecule has 1 saturated carbocycles. The van der Waals surface area contributed by atoms with E-state index in [0.717, 1.165) is 24.8 Å². The van der Waals surface area contributed by atoms with Crippen LogP contribution in [0.5, 0.6) is 5.75 Å². The molecule has 1 aliphatic carbocycles. The first kappa shape index (κ1) is 37.5. The molecule has 47 heavy (non-hydrogen) atoms. The van der Waals surface area contributed by atoms with Crippen molar-refractivity contribution in [1.29, 1.82) is 0 Å². The number of aliphatic carboxylic acids is 1. The zero-order valence-corrected chi connectivity index (χ0v) is 30.5. The van der Waals surface area contributed by atoms with Crippen molar-refractivity contribution in [3.05, 3.63) is 69.1 Å². The lowest BCUT2D eigenvalue weighted by atomic mass is 9.87. The third-order valence-corrected chi connectivity index (χ3v) is 12.6. The summed E-state index contributed by atoms with van der Waals surface area (Å²) in [4.78, 5) is 16.1. The number of benzene rings is 2. The fourth-order valence-electron chi connectivity index (χ4n) is 5.86. The summed E-state index contributed by atoms with van der Waals surface area (Å²) >= 11 is 13.7. The van der Waals surface area contributed by atoms with Crippen LogP contribution >= 0.6 is 34.5 Å². The second-order valence-corrected chi connectivity index (χ2v) is 16.9. The fourth-order valence-corrected chi connectivity index (χ4v) is 8.68. The highest BCUT2D eigenvalue weighted by Crippen LogP contribution is 2.38. The van der Waals surface area contributed by atoms with Crippen molar-refractivity contribution < 1.29 is 23.1 Å². The Morgan fingerprint density at radius 1 is 0.915 bits per heavy atom. The van der Waals surface area contributed by atoms with Crippen LogP contribution in [-0.2, 0) is 26.7 Å². The first-order valence-corrected chi connectivity index (χ1v) is 20.1. The van der Waals surface area contributed by atoms with E-state index in [1.807, 2.05) is 24.3 Å². The standard InChI is InChI=1S/C36H48Cl2N2O5S2/c1-2-3-4-5-6-7-8-9-10-11-12-13-24-36(45-29-18-16-28(37)17-19-29,26-39-35-40-32(25-33(41)42)34(38)46-35)27-14-20-30(21-15-27)47(43,44)31-22-23-31/h14-21,31H,2-13,22-26H2,1H3,(H,39,40)(H,41,42). The van der Waals surface area contributed by atoms with Gasteiger partial charge in [0.25, 0.3) is 0 Å². The van der Waals surface area contributed by atoms with Crippen molar-refractivity contribution in [2.45, 2.75) is 125 Å². The Morgan fingerprint density at radius 2 is 1.49 bits per heavy atom. The minimum absolute atomic E-state index is 0.265. The van der Waals surface area contributed by atoms with Gasteiger partial charge in [0, 0.05) is 5.02 Å². The smallest absolute Gasteiger partial charge is 0.309 e. The summed E-state index contributed by atoms with van der Waals surface area (Å²) in [6.07, 6.45) is 16.6. The van der Waals surface area contributed by atoms with E-state index in [1.165, 1.54) is 69.1 Å². The second-order valence-electron chi connectivity index (χ2n) is 12.6. The number of sulfone groups is 1. The van der Waals surface area contributed by atoms with Crippen LogP contribution in [0.3, 0.4) is 0 Å². The van der Waals surface area contributed by atoms with E-state index in [9.17, 15) is 18.3 Å². The number of carboxylic acid groups (broad SMARTS) is 1. The number of nitrogens with zero attached hydrogens (tertiary/aromatic N) is 1. The third kappa shape index (κ3) is 11.7. The van der Waals surface area contributed by atoms with E-state index in [0.29, 0.717) is 56.6 Å². The summed E-state index contributed by atoms with van der Waals surface area (Å²) in [6.45, 7) is 2.55. The average molecular weight is 724 g/mol. The molecule has 0 saturated heterocycles. The molecule has 1 aromatic heterocycles. The molecule has 1 fully saturated rings. The Morgan fingerprint density at radius 3 is 2.04 bits per heavy atom. The molecule has 1 atom stereocenters. The van der Waals surface area contributed by atoms with Crippen LogP contribution in [0.4, 0.5) is 5.13 Å². The van der Waals surface area contributed by atoms with E-state index in [1.54, 1.807) is 24.3 Å².